The maximum absolute atomic E-state index is 2.43. The van der Waals surface area contributed by atoms with Crippen LogP contribution in [-0.4, -0.2) is 8.80 Å². The Hall–Kier alpha value is -1.34. The van der Waals surface area contributed by atoms with Gasteiger partial charge in [-0.15, -0.1) is 0 Å². The van der Waals surface area contributed by atoms with Gasteiger partial charge in [0, 0.05) is 5.92 Å². The molecule has 0 bridgehead atoms. The fraction of sp³-hybridized carbons (Fsp3) is 0.250. The van der Waals surface area contributed by atoms with E-state index in [1.807, 2.05) is 0 Å². The molecule has 85 valence electrons. The summed E-state index contributed by atoms with van der Waals surface area (Å²) >= 11 is 0. The molecule has 0 heterocycles. The number of hydrogen-bond acceptors (Lipinski definition) is 0. The van der Waals surface area contributed by atoms with Crippen molar-refractivity contribution < 1.29 is 0 Å². The van der Waals surface area contributed by atoms with Crippen molar-refractivity contribution >= 4 is 14.9 Å². The van der Waals surface area contributed by atoms with Crippen LogP contribution in [-0.2, 0) is 0 Å². The van der Waals surface area contributed by atoms with Crippen LogP contribution >= 0.6 is 0 Å². The van der Waals surface area contributed by atoms with Gasteiger partial charge in [0.25, 0.3) is 0 Å². The SMILES string of the molecule is C[Si](C)C1=CCC=C1C1C=Cc2ccccc21. The van der Waals surface area contributed by atoms with E-state index in [0.29, 0.717) is 5.92 Å². The maximum atomic E-state index is 2.43. The molecule has 0 spiro atoms. The van der Waals surface area contributed by atoms with Crippen LogP contribution in [0, 0.1) is 0 Å². The third-order valence-corrected chi connectivity index (χ3v) is 5.21. The van der Waals surface area contributed by atoms with Crippen molar-refractivity contribution in [3.8, 4) is 0 Å². The van der Waals surface area contributed by atoms with Gasteiger partial charge in [-0.25, -0.2) is 0 Å². The molecule has 17 heavy (non-hydrogen) atoms. The Balaban J connectivity index is 1.99. The quantitative estimate of drug-likeness (QED) is 0.671. The molecule has 1 aromatic carbocycles. The first kappa shape index (κ1) is 10.8. The van der Waals surface area contributed by atoms with Crippen LogP contribution < -0.4 is 0 Å². The number of rotatable bonds is 2. The third-order valence-electron chi connectivity index (χ3n) is 3.64. The van der Waals surface area contributed by atoms with E-state index in [-0.39, 0.29) is 8.80 Å². The lowest BCUT2D eigenvalue weighted by Gasteiger charge is -2.18. The molecule has 3 rings (SSSR count). The first-order chi connectivity index (χ1) is 8.27. The highest BCUT2D eigenvalue weighted by molar-refractivity contribution is 6.65. The lowest BCUT2D eigenvalue weighted by molar-refractivity contribution is 1.04. The normalized spacial score (nSPS) is 21.7. The number of hydrogen-bond donors (Lipinski definition) is 0. The molecule has 2 aliphatic carbocycles. The average Bonchev–Trinajstić information content (AvgIpc) is 2.94. The van der Waals surface area contributed by atoms with Gasteiger partial charge in [-0.05, 0) is 23.1 Å². The summed E-state index contributed by atoms with van der Waals surface area (Å²) in [6.07, 6.45) is 10.6. The van der Waals surface area contributed by atoms with Gasteiger partial charge in [0.1, 0.15) is 0 Å². The van der Waals surface area contributed by atoms with Gasteiger partial charge in [-0.2, -0.15) is 0 Å². The maximum Gasteiger partial charge on any atom is 0.0791 e. The Morgan fingerprint density at radius 1 is 1.12 bits per heavy atom. The molecule has 1 unspecified atom stereocenters. The minimum atomic E-state index is -0.340. The zero-order valence-corrected chi connectivity index (χ0v) is 11.4. The van der Waals surface area contributed by atoms with Gasteiger partial charge in [0.2, 0.25) is 0 Å². The molecule has 0 aromatic heterocycles. The molecule has 0 amide bonds. The monoisotopic (exact) mass is 237 g/mol. The molecule has 0 aliphatic heterocycles. The van der Waals surface area contributed by atoms with E-state index < -0.39 is 0 Å². The van der Waals surface area contributed by atoms with Gasteiger partial charge >= 0.3 is 0 Å². The second-order valence-corrected chi connectivity index (χ2v) is 7.52. The fourth-order valence-electron chi connectivity index (χ4n) is 2.84. The summed E-state index contributed by atoms with van der Waals surface area (Å²) in [4.78, 5) is 0. The highest BCUT2D eigenvalue weighted by Crippen LogP contribution is 2.41. The second-order valence-electron chi connectivity index (χ2n) is 4.98. The van der Waals surface area contributed by atoms with Crippen LogP contribution in [0.5, 0.6) is 0 Å². The Labute approximate surface area is 105 Å². The topological polar surface area (TPSA) is 0 Å². The van der Waals surface area contributed by atoms with Crippen LogP contribution in [0.2, 0.25) is 13.1 Å². The highest BCUT2D eigenvalue weighted by Gasteiger charge is 2.25. The van der Waals surface area contributed by atoms with Crippen molar-refractivity contribution in [3.05, 3.63) is 64.4 Å². The molecule has 0 N–H and O–H groups in total. The number of benzene rings is 1. The zero-order chi connectivity index (χ0) is 11.8. The summed E-state index contributed by atoms with van der Waals surface area (Å²) in [5.41, 5.74) is 4.45. The zero-order valence-electron chi connectivity index (χ0n) is 10.4. The van der Waals surface area contributed by atoms with Crippen molar-refractivity contribution in [3.63, 3.8) is 0 Å². The van der Waals surface area contributed by atoms with E-state index in [1.54, 1.807) is 10.8 Å². The largest absolute Gasteiger partial charge is 0.0814 e. The Morgan fingerprint density at radius 3 is 2.76 bits per heavy atom. The van der Waals surface area contributed by atoms with Gasteiger partial charge in [-0.1, -0.05) is 66.9 Å². The van der Waals surface area contributed by atoms with Crippen molar-refractivity contribution in [1.29, 1.82) is 0 Å². The van der Waals surface area contributed by atoms with Crippen LogP contribution in [0.3, 0.4) is 0 Å². The van der Waals surface area contributed by atoms with Gasteiger partial charge in [0.15, 0.2) is 0 Å². The minimum absolute atomic E-state index is 0.340. The molecule has 0 nitrogen and oxygen atoms in total. The highest BCUT2D eigenvalue weighted by atomic mass is 28.3. The fourth-order valence-corrected chi connectivity index (χ4v) is 4.20. The molecule has 0 saturated carbocycles. The smallest absolute Gasteiger partial charge is 0.0791 e. The van der Waals surface area contributed by atoms with E-state index in [2.05, 4.69) is 61.7 Å². The molecule has 0 fully saturated rings. The average molecular weight is 237 g/mol. The molecule has 2 aliphatic rings. The third kappa shape index (κ3) is 1.75. The van der Waals surface area contributed by atoms with Crippen LogP contribution in [0.25, 0.3) is 6.08 Å². The minimum Gasteiger partial charge on any atom is -0.0814 e. The van der Waals surface area contributed by atoms with Crippen molar-refractivity contribution in [1.82, 2.24) is 0 Å². The molecule has 1 radical (unpaired) electrons. The Bertz CT molecular complexity index is 532. The summed E-state index contributed by atoms with van der Waals surface area (Å²) in [7, 11) is -0.340. The predicted molar refractivity (Wildman–Crippen MR) is 76.5 cm³/mol. The first-order valence-electron chi connectivity index (χ1n) is 6.25. The van der Waals surface area contributed by atoms with Gasteiger partial charge < -0.3 is 0 Å². The van der Waals surface area contributed by atoms with Crippen molar-refractivity contribution in [2.75, 3.05) is 0 Å². The van der Waals surface area contributed by atoms with E-state index in [1.165, 1.54) is 11.1 Å². The molecule has 0 saturated heterocycles. The summed E-state index contributed by atoms with van der Waals surface area (Å²) in [6, 6.07) is 8.77. The van der Waals surface area contributed by atoms with E-state index in [9.17, 15) is 0 Å². The Morgan fingerprint density at radius 2 is 1.94 bits per heavy atom. The molecule has 1 heteroatoms. The number of allylic oxidation sites excluding steroid dienone is 5. The summed E-state index contributed by atoms with van der Waals surface area (Å²) in [5.74, 6) is 0.514. The second kappa shape index (κ2) is 4.15. The van der Waals surface area contributed by atoms with Crippen LogP contribution in [0.1, 0.15) is 23.5 Å². The van der Waals surface area contributed by atoms with E-state index in [4.69, 9.17) is 0 Å². The lowest BCUT2D eigenvalue weighted by atomic mass is 9.93. The van der Waals surface area contributed by atoms with Gasteiger partial charge in [-0.3, -0.25) is 0 Å². The van der Waals surface area contributed by atoms with Crippen LogP contribution in [0.4, 0.5) is 0 Å². The van der Waals surface area contributed by atoms with Gasteiger partial charge in [0.05, 0.1) is 8.80 Å². The van der Waals surface area contributed by atoms with Crippen molar-refractivity contribution in [2.24, 2.45) is 0 Å². The summed E-state index contributed by atoms with van der Waals surface area (Å²) in [5, 5.41) is 1.64. The summed E-state index contributed by atoms with van der Waals surface area (Å²) in [6.45, 7) is 4.78. The summed E-state index contributed by atoms with van der Waals surface area (Å²) < 4.78 is 0. The molecular formula is C16H17Si. The molecular weight excluding hydrogens is 220 g/mol. The predicted octanol–water partition coefficient (Wildman–Crippen LogP) is 4.35. The standard InChI is InChI=1S/C16H17Si/c1-17(2)16-9-5-8-15(16)14-11-10-12-6-3-4-7-13(12)14/h3-4,6-11,14H,5H2,1-2H3. The number of fused-ring (bicyclic) bond motifs is 1. The molecule has 1 atom stereocenters. The Kier molecular flexibility index (Phi) is 2.64. The lowest BCUT2D eigenvalue weighted by Crippen LogP contribution is -2.10. The van der Waals surface area contributed by atoms with E-state index in [0.717, 1.165) is 6.42 Å². The van der Waals surface area contributed by atoms with Crippen molar-refractivity contribution in [2.45, 2.75) is 25.4 Å². The first-order valence-corrected chi connectivity index (χ1v) is 8.75. The van der Waals surface area contributed by atoms with Crippen LogP contribution in [0.15, 0.2) is 53.3 Å². The molecule has 1 aromatic rings. The van der Waals surface area contributed by atoms with E-state index >= 15 is 0 Å².